The highest BCUT2D eigenvalue weighted by Crippen LogP contribution is 2.01. The molecule has 0 spiro atoms. The molecule has 0 N–H and O–H groups in total. The van der Waals surface area contributed by atoms with E-state index in [-0.39, 0.29) is 5.78 Å². The Bertz CT molecular complexity index is 312. The normalized spacial score (nSPS) is 10.9. The Balaban J connectivity index is 2.44. The van der Waals surface area contributed by atoms with E-state index in [9.17, 15) is 4.79 Å². The van der Waals surface area contributed by atoms with Crippen LogP contribution < -0.4 is 0 Å². The SMILES string of the molecule is C/C=C/C(=O)CCc1ccnn1C. The number of nitrogens with zero attached hydrogens (tertiary/aromatic N) is 2. The van der Waals surface area contributed by atoms with E-state index in [0.29, 0.717) is 6.42 Å². The predicted molar refractivity (Wildman–Crippen MR) is 51.4 cm³/mol. The van der Waals surface area contributed by atoms with Crippen LogP contribution in [0.25, 0.3) is 0 Å². The first-order valence-corrected chi connectivity index (χ1v) is 4.36. The molecular formula is C10H14N2O. The van der Waals surface area contributed by atoms with Gasteiger partial charge in [0.15, 0.2) is 5.78 Å². The fourth-order valence-corrected chi connectivity index (χ4v) is 1.17. The Kier molecular flexibility index (Phi) is 3.43. The van der Waals surface area contributed by atoms with Crippen LogP contribution in [0.2, 0.25) is 0 Å². The summed E-state index contributed by atoms with van der Waals surface area (Å²) in [7, 11) is 1.88. The number of carbonyl (C=O) groups excluding carboxylic acids is 1. The molecule has 0 saturated heterocycles. The maximum atomic E-state index is 11.1. The van der Waals surface area contributed by atoms with Gasteiger partial charge in [0.05, 0.1) is 0 Å². The van der Waals surface area contributed by atoms with Crippen molar-refractivity contribution < 1.29 is 4.79 Å². The fourth-order valence-electron chi connectivity index (χ4n) is 1.17. The smallest absolute Gasteiger partial charge is 0.155 e. The molecule has 0 aliphatic heterocycles. The van der Waals surface area contributed by atoms with Gasteiger partial charge in [-0.15, -0.1) is 0 Å². The number of hydrogen-bond acceptors (Lipinski definition) is 2. The first-order chi connectivity index (χ1) is 6.24. The lowest BCUT2D eigenvalue weighted by molar-refractivity contribution is -0.114. The van der Waals surface area contributed by atoms with Crippen LogP contribution in [0.4, 0.5) is 0 Å². The molecular weight excluding hydrogens is 164 g/mol. The molecule has 1 aromatic heterocycles. The second-order valence-corrected chi connectivity index (χ2v) is 2.91. The number of allylic oxidation sites excluding steroid dienone is 2. The van der Waals surface area contributed by atoms with Gasteiger partial charge in [-0.05, 0) is 25.5 Å². The van der Waals surface area contributed by atoms with E-state index < -0.39 is 0 Å². The summed E-state index contributed by atoms with van der Waals surface area (Å²) < 4.78 is 1.79. The van der Waals surface area contributed by atoms with Crippen molar-refractivity contribution in [3.63, 3.8) is 0 Å². The molecule has 0 saturated carbocycles. The highest BCUT2D eigenvalue weighted by Gasteiger charge is 2.01. The number of hydrogen-bond donors (Lipinski definition) is 0. The Morgan fingerprint density at radius 1 is 1.69 bits per heavy atom. The van der Waals surface area contributed by atoms with Crippen molar-refractivity contribution in [3.05, 3.63) is 30.1 Å². The molecule has 13 heavy (non-hydrogen) atoms. The van der Waals surface area contributed by atoms with Crippen molar-refractivity contribution in [2.75, 3.05) is 0 Å². The summed E-state index contributed by atoms with van der Waals surface area (Å²) in [6.07, 6.45) is 6.45. The average molecular weight is 178 g/mol. The van der Waals surface area contributed by atoms with Crippen molar-refractivity contribution in [3.8, 4) is 0 Å². The monoisotopic (exact) mass is 178 g/mol. The van der Waals surface area contributed by atoms with Crippen LogP contribution in [0.15, 0.2) is 24.4 Å². The number of aromatic nitrogens is 2. The van der Waals surface area contributed by atoms with Crippen molar-refractivity contribution in [2.45, 2.75) is 19.8 Å². The molecule has 3 nitrogen and oxygen atoms in total. The first-order valence-electron chi connectivity index (χ1n) is 4.36. The third-order valence-electron chi connectivity index (χ3n) is 1.90. The first kappa shape index (κ1) is 9.71. The highest BCUT2D eigenvalue weighted by molar-refractivity contribution is 5.89. The average Bonchev–Trinajstić information content (AvgIpc) is 2.48. The lowest BCUT2D eigenvalue weighted by Crippen LogP contribution is -2.01. The summed E-state index contributed by atoms with van der Waals surface area (Å²) in [5, 5.41) is 4.03. The fraction of sp³-hybridized carbons (Fsp3) is 0.400. The summed E-state index contributed by atoms with van der Waals surface area (Å²) in [5.74, 6) is 0.170. The lowest BCUT2D eigenvalue weighted by Gasteiger charge is -1.98. The summed E-state index contributed by atoms with van der Waals surface area (Å²) in [6.45, 7) is 1.85. The zero-order chi connectivity index (χ0) is 9.68. The molecule has 0 amide bonds. The van der Waals surface area contributed by atoms with Crippen molar-refractivity contribution in [2.24, 2.45) is 7.05 Å². The van der Waals surface area contributed by atoms with E-state index in [2.05, 4.69) is 5.10 Å². The molecule has 0 radical (unpaired) electrons. The molecule has 1 heterocycles. The molecule has 0 aromatic carbocycles. The molecule has 3 heteroatoms. The molecule has 0 aliphatic carbocycles. The standard InChI is InChI=1S/C10H14N2O/c1-3-4-10(13)6-5-9-7-8-11-12(9)2/h3-4,7-8H,5-6H2,1-2H3/b4-3+. The van der Waals surface area contributed by atoms with Crippen LogP contribution in [0.5, 0.6) is 0 Å². The zero-order valence-electron chi connectivity index (χ0n) is 8.03. The van der Waals surface area contributed by atoms with Gasteiger partial charge in [-0.2, -0.15) is 5.10 Å². The minimum atomic E-state index is 0.170. The van der Waals surface area contributed by atoms with Crippen LogP contribution in [-0.2, 0) is 18.3 Å². The molecule has 0 unspecified atom stereocenters. The number of carbonyl (C=O) groups is 1. The second-order valence-electron chi connectivity index (χ2n) is 2.91. The minimum Gasteiger partial charge on any atom is -0.295 e. The number of rotatable bonds is 4. The summed E-state index contributed by atoms with van der Waals surface area (Å²) in [6, 6.07) is 1.93. The van der Waals surface area contributed by atoms with Gasteiger partial charge in [-0.1, -0.05) is 6.08 Å². The van der Waals surface area contributed by atoms with Gasteiger partial charge in [0.25, 0.3) is 0 Å². The van der Waals surface area contributed by atoms with E-state index in [4.69, 9.17) is 0 Å². The Morgan fingerprint density at radius 2 is 2.46 bits per heavy atom. The highest BCUT2D eigenvalue weighted by atomic mass is 16.1. The van der Waals surface area contributed by atoms with Gasteiger partial charge in [0, 0.05) is 25.4 Å². The van der Waals surface area contributed by atoms with Gasteiger partial charge in [-0.25, -0.2) is 0 Å². The maximum absolute atomic E-state index is 11.1. The van der Waals surface area contributed by atoms with E-state index in [1.54, 1.807) is 23.0 Å². The zero-order valence-corrected chi connectivity index (χ0v) is 8.03. The van der Waals surface area contributed by atoms with E-state index in [1.807, 2.05) is 20.0 Å². The van der Waals surface area contributed by atoms with Crippen LogP contribution in [-0.4, -0.2) is 15.6 Å². The van der Waals surface area contributed by atoms with Gasteiger partial charge in [0.1, 0.15) is 0 Å². The van der Waals surface area contributed by atoms with Gasteiger partial charge in [0.2, 0.25) is 0 Å². The van der Waals surface area contributed by atoms with Crippen molar-refractivity contribution >= 4 is 5.78 Å². The number of aryl methyl sites for hydroxylation is 2. The molecule has 0 aliphatic rings. The second kappa shape index (κ2) is 4.60. The Labute approximate surface area is 78.1 Å². The maximum Gasteiger partial charge on any atom is 0.155 e. The van der Waals surface area contributed by atoms with Crippen molar-refractivity contribution in [1.82, 2.24) is 9.78 Å². The van der Waals surface area contributed by atoms with Crippen LogP contribution in [0.1, 0.15) is 19.0 Å². The molecule has 1 aromatic rings. The Hall–Kier alpha value is -1.38. The van der Waals surface area contributed by atoms with E-state index in [0.717, 1.165) is 12.1 Å². The third-order valence-corrected chi connectivity index (χ3v) is 1.90. The van der Waals surface area contributed by atoms with Gasteiger partial charge in [-0.3, -0.25) is 9.48 Å². The molecule has 0 atom stereocenters. The third kappa shape index (κ3) is 2.86. The summed E-state index contributed by atoms with van der Waals surface area (Å²) >= 11 is 0. The molecule has 70 valence electrons. The molecule has 1 rings (SSSR count). The van der Waals surface area contributed by atoms with E-state index in [1.165, 1.54) is 0 Å². The van der Waals surface area contributed by atoms with Crippen LogP contribution >= 0.6 is 0 Å². The minimum absolute atomic E-state index is 0.170. The summed E-state index contributed by atoms with van der Waals surface area (Å²) in [4.78, 5) is 11.1. The van der Waals surface area contributed by atoms with Crippen molar-refractivity contribution in [1.29, 1.82) is 0 Å². The topological polar surface area (TPSA) is 34.9 Å². The van der Waals surface area contributed by atoms with Crippen LogP contribution in [0, 0.1) is 0 Å². The quantitative estimate of drug-likeness (QED) is 0.655. The molecule has 0 bridgehead atoms. The lowest BCUT2D eigenvalue weighted by atomic mass is 10.1. The summed E-state index contributed by atoms with van der Waals surface area (Å²) in [5.41, 5.74) is 1.10. The Morgan fingerprint density at radius 3 is 3.00 bits per heavy atom. The van der Waals surface area contributed by atoms with Gasteiger partial charge >= 0.3 is 0 Å². The largest absolute Gasteiger partial charge is 0.295 e. The van der Waals surface area contributed by atoms with Crippen LogP contribution in [0.3, 0.4) is 0 Å². The van der Waals surface area contributed by atoms with E-state index >= 15 is 0 Å². The molecule has 0 fully saturated rings. The van der Waals surface area contributed by atoms with Gasteiger partial charge < -0.3 is 0 Å². The number of ketones is 1. The predicted octanol–water partition coefficient (Wildman–Crippen LogP) is 1.50.